The molecule has 0 bridgehead atoms. The third-order valence-corrected chi connectivity index (χ3v) is 4.78. The van der Waals surface area contributed by atoms with Crippen molar-refractivity contribution in [2.75, 3.05) is 12.4 Å². The maximum atomic E-state index is 13.6. The van der Waals surface area contributed by atoms with Crippen molar-refractivity contribution in [1.29, 1.82) is 0 Å². The average molecular weight is 295 g/mol. The highest BCUT2D eigenvalue weighted by Gasteiger charge is 2.38. The number of nitrogens with one attached hydrogen (secondary N) is 1. The van der Waals surface area contributed by atoms with Gasteiger partial charge in [-0.25, -0.2) is 4.39 Å². The van der Waals surface area contributed by atoms with Crippen molar-refractivity contribution in [3.63, 3.8) is 0 Å². The quantitative estimate of drug-likeness (QED) is 0.814. The third-order valence-electron chi connectivity index (χ3n) is 4.78. The van der Waals surface area contributed by atoms with Crippen molar-refractivity contribution in [2.24, 2.45) is 5.92 Å². The lowest BCUT2D eigenvalue weighted by Crippen LogP contribution is -2.29. The summed E-state index contributed by atoms with van der Waals surface area (Å²) in [4.78, 5) is 0. The first-order valence-corrected chi connectivity index (χ1v) is 7.63. The van der Waals surface area contributed by atoms with Gasteiger partial charge in [-0.1, -0.05) is 24.3 Å². The van der Waals surface area contributed by atoms with Crippen LogP contribution in [0.25, 0.3) is 0 Å². The maximum Gasteiger partial charge on any atom is 0.123 e. The van der Waals surface area contributed by atoms with Crippen molar-refractivity contribution in [1.82, 2.24) is 0 Å². The second-order valence-electron chi connectivity index (χ2n) is 5.98. The zero-order valence-corrected chi connectivity index (χ0v) is 12.4. The van der Waals surface area contributed by atoms with Crippen LogP contribution in [0.5, 0.6) is 5.75 Å². The summed E-state index contributed by atoms with van der Waals surface area (Å²) in [5.74, 6) is 1.40. The fourth-order valence-corrected chi connectivity index (χ4v) is 3.73. The van der Waals surface area contributed by atoms with Gasteiger partial charge in [-0.2, -0.15) is 0 Å². The Bertz CT molecular complexity index is 740. The van der Waals surface area contributed by atoms with Crippen LogP contribution in [0.2, 0.25) is 0 Å². The van der Waals surface area contributed by atoms with Crippen LogP contribution in [0, 0.1) is 11.7 Å². The fraction of sp³-hybridized carbons (Fsp3) is 0.263. The number of allylic oxidation sites excluding steroid dienone is 2. The summed E-state index contributed by atoms with van der Waals surface area (Å²) in [6.45, 7) is 0. The van der Waals surface area contributed by atoms with Gasteiger partial charge >= 0.3 is 0 Å². The summed E-state index contributed by atoms with van der Waals surface area (Å²) in [7, 11) is 1.69. The zero-order chi connectivity index (χ0) is 15.1. The molecule has 3 heteroatoms. The van der Waals surface area contributed by atoms with Crippen LogP contribution in [0.3, 0.4) is 0 Å². The number of methoxy groups -OCH3 is 1. The fourth-order valence-electron chi connectivity index (χ4n) is 3.73. The minimum absolute atomic E-state index is 0.167. The van der Waals surface area contributed by atoms with Gasteiger partial charge in [0, 0.05) is 11.6 Å². The van der Waals surface area contributed by atoms with E-state index in [4.69, 9.17) is 4.74 Å². The van der Waals surface area contributed by atoms with Gasteiger partial charge in [0.25, 0.3) is 0 Å². The Morgan fingerprint density at radius 3 is 2.95 bits per heavy atom. The van der Waals surface area contributed by atoms with Crippen LogP contribution < -0.4 is 10.1 Å². The molecule has 22 heavy (non-hydrogen) atoms. The summed E-state index contributed by atoms with van der Waals surface area (Å²) in [5, 5.41) is 3.60. The van der Waals surface area contributed by atoms with E-state index in [0.717, 1.165) is 23.4 Å². The van der Waals surface area contributed by atoms with E-state index >= 15 is 0 Å². The Kier molecular flexibility index (Phi) is 3.14. The Morgan fingerprint density at radius 2 is 2.09 bits per heavy atom. The first kappa shape index (κ1) is 13.4. The molecule has 2 nitrogen and oxygen atoms in total. The standard InChI is InChI=1S/C19H18FNO/c1-22-14-5-2-4-12(10-14)19-16-7-3-6-15(16)17-11-13(20)8-9-18(17)21-19/h2-6,8-11,15-16,19,21H,7H2,1H3/t15-,16+,19+/m1/s1. The van der Waals surface area contributed by atoms with Crippen molar-refractivity contribution in [3.8, 4) is 5.75 Å². The van der Waals surface area contributed by atoms with Crippen molar-refractivity contribution < 1.29 is 9.13 Å². The van der Waals surface area contributed by atoms with Crippen molar-refractivity contribution in [3.05, 3.63) is 71.6 Å². The Balaban J connectivity index is 1.77. The lowest BCUT2D eigenvalue weighted by molar-refractivity contribution is 0.406. The highest BCUT2D eigenvalue weighted by Crippen LogP contribution is 2.50. The molecule has 112 valence electrons. The SMILES string of the molecule is COc1cccc([C@@H]2Nc3ccc(F)cc3[C@@H]3C=CC[C@@H]32)c1. The molecule has 1 aliphatic heterocycles. The highest BCUT2D eigenvalue weighted by molar-refractivity contribution is 5.60. The second kappa shape index (κ2) is 5.16. The monoisotopic (exact) mass is 295 g/mol. The number of hydrogen-bond donors (Lipinski definition) is 1. The van der Waals surface area contributed by atoms with E-state index in [1.807, 2.05) is 18.2 Å². The number of rotatable bonds is 2. The van der Waals surface area contributed by atoms with Gasteiger partial charge in [-0.15, -0.1) is 0 Å². The molecule has 1 N–H and O–H groups in total. The number of fused-ring (bicyclic) bond motifs is 3. The Morgan fingerprint density at radius 1 is 1.18 bits per heavy atom. The molecule has 3 atom stereocenters. The molecule has 0 amide bonds. The van der Waals surface area contributed by atoms with E-state index < -0.39 is 0 Å². The molecule has 1 aliphatic carbocycles. The van der Waals surface area contributed by atoms with E-state index in [1.54, 1.807) is 13.2 Å². The normalized spacial score (nSPS) is 25.3. The first-order valence-electron chi connectivity index (χ1n) is 7.63. The van der Waals surface area contributed by atoms with Gasteiger partial charge in [0.05, 0.1) is 13.2 Å². The molecule has 0 radical (unpaired) electrons. The molecule has 0 fully saturated rings. The minimum Gasteiger partial charge on any atom is -0.497 e. The van der Waals surface area contributed by atoms with Gasteiger partial charge in [-0.3, -0.25) is 0 Å². The second-order valence-corrected chi connectivity index (χ2v) is 5.98. The zero-order valence-electron chi connectivity index (χ0n) is 12.4. The summed E-state index contributed by atoms with van der Waals surface area (Å²) in [6.07, 6.45) is 5.44. The average Bonchev–Trinajstić information content (AvgIpc) is 3.04. The smallest absolute Gasteiger partial charge is 0.123 e. The number of ether oxygens (including phenoxy) is 1. The van der Waals surface area contributed by atoms with E-state index in [1.165, 1.54) is 11.6 Å². The van der Waals surface area contributed by atoms with E-state index in [-0.39, 0.29) is 17.8 Å². The largest absolute Gasteiger partial charge is 0.497 e. The number of anilines is 1. The Labute approximate surface area is 129 Å². The topological polar surface area (TPSA) is 21.3 Å². The molecule has 2 aromatic rings. The maximum absolute atomic E-state index is 13.6. The molecule has 0 spiro atoms. The molecule has 0 aromatic heterocycles. The lowest BCUT2D eigenvalue weighted by atomic mass is 9.77. The summed E-state index contributed by atoms with van der Waals surface area (Å²) in [5.41, 5.74) is 3.31. The molecule has 0 saturated carbocycles. The van der Waals surface area contributed by atoms with Gasteiger partial charge in [0.15, 0.2) is 0 Å². The molecule has 1 heterocycles. The molecule has 4 rings (SSSR count). The van der Waals surface area contributed by atoms with Gasteiger partial charge in [0.1, 0.15) is 11.6 Å². The molecule has 2 aromatic carbocycles. The minimum atomic E-state index is -0.167. The number of halogens is 1. The van der Waals surface area contributed by atoms with Gasteiger partial charge in [0.2, 0.25) is 0 Å². The van der Waals surface area contributed by atoms with Crippen LogP contribution in [0.1, 0.15) is 29.5 Å². The van der Waals surface area contributed by atoms with Crippen LogP contribution >= 0.6 is 0 Å². The molecular formula is C19H18FNO. The van der Waals surface area contributed by atoms with Crippen LogP contribution in [0.15, 0.2) is 54.6 Å². The van der Waals surface area contributed by atoms with Crippen molar-refractivity contribution >= 4 is 5.69 Å². The van der Waals surface area contributed by atoms with E-state index in [9.17, 15) is 4.39 Å². The summed E-state index contributed by atoms with van der Waals surface area (Å²) >= 11 is 0. The first-order chi connectivity index (χ1) is 10.8. The number of hydrogen-bond acceptors (Lipinski definition) is 2. The lowest BCUT2D eigenvalue weighted by Gasteiger charge is -2.37. The van der Waals surface area contributed by atoms with Gasteiger partial charge < -0.3 is 10.1 Å². The highest BCUT2D eigenvalue weighted by atomic mass is 19.1. The third kappa shape index (κ3) is 2.08. The predicted octanol–water partition coefficient (Wildman–Crippen LogP) is 4.66. The number of benzene rings is 2. The molecule has 0 saturated heterocycles. The van der Waals surface area contributed by atoms with Crippen LogP contribution in [-0.4, -0.2) is 7.11 Å². The molecule has 2 aliphatic rings. The van der Waals surface area contributed by atoms with Crippen molar-refractivity contribution in [2.45, 2.75) is 18.4 Å². The molecule has 0 unspecified atom stereocenters. The summed E-state index contributed by atoms with van der Waals surface area (Å²) in [6, 6.07) is 13.4. The van der Waals surface area contributed by atoms with E-state index in [0.29, 0.717) is 5.92 Å². The van der Waals surface area contributed by atoms with Gasteiger partial charge in [-0.05, 0) is 53.8 Å². The predicted molar refractivity (Wildman–Crippen MR) is 85.7 cm³/mol. The summed E-state index contributed by atoms with van der Waals surface area (Å²) < 4.78 is 19.0. The Hall–Kier alpha value is -2.29. The van der Waals surface area contributed by atoms with Crippen LogP contribution in [-0.2, 0) is 0 Å². The van der Waals surface area contributed by atoms with E-state index in [2.05, 4.69) is 29.6 Å². The van der Waals surface area contributed by atoms with Crippen LogP contribution in [0.4, 0.5) is 10.1 Å². The molecular weight excluding hydrogens is 277 g/mol.